The Morgan fingerprint density at radius 1 is 1.52 bits per heavy atom. The number of hydrogen-bond donors (Lipinski definition) is 1. The second kappa shape index (κ2) is 5.48. The van der Waals surface area contributed by atoms with E-state index in [1.54, 1.807) is 19.3 Å². The maximum absolute atomic E-state index is 12.8. The van der Waals surface area contributed by atoms with Crippen LogP contribution in [0.1, 0.15) is 40.5 Å². The third-order valence-electron chi connectivity index (χ3n) is 5.52. The number of ketones is 1. The molecular weight excluding hydrogens is 296 g/mol. The molecule has 0 amide bonds. The molecule has 0 aromatic rings. The molecule has 5 heteroatoms. The molecule has 23 heavy (non-hydrogen) atoms. The fourth-order valence-corrected chi connectivity index (χ4v) is 3.87. The molecule has 0 bridgehead atoms. The van der Waals surface area contributed by atoms with Crippen molar-refractivity contribution >= 4 is 11.8 Å². The molecule has 1 N–H and O–H groups in total. The lowest BCUT2D eigenvalue weighted by Gasteiger charge is -2.41. The topological polar surface area (TPSA) is 72.8 Å². The van der Waals surface area contributed by atoms with Crippen molar-refractivity contribution in [2.24, 2.45) is 17.8 Å². The van der Waals surface area contributed by atoms with Crippen molar-refractivity contribution in [3.8, 4) is 0 Å². The molecule has 0 aromatic heterocycles. The number of Topliss-reactive ketones (excluding diaryl/α,β-unsaturated/α-hetero) is 1. The molecule has 5 nitrogen and oxygen atoms in total. The van der Waals surface area contributed by atoms with Crippen LogP contribution in [0.5, 0.6) is 0 Å². The first-order valence-electron chi connectivity index (χ1n) is 8.30. The Labute approximate surface area is 136 Å². The van der Waals surface area contributed by atoms with Gasteiger partial charge >= 0.3 is 5.97 Å². The van der Waals surface area contributed by atoms with Crippen molar-refractivity contribution in [3.63, 3.8) is 0 Å². The average molecular weight is 320 g/mol. The van der Waals surface area contributed by atoms with Crippen LogP contribution >= 0.6 is 0 Å². The highest BCUT2D eigenvalue weighted by atomic mass is 16.6. The van der Waals surface area contributed by atoms with Crippen molar-refractivity contribution < 1.29 is 24.2 Å². The van der Waals surface area contributed by atoms with Crippen LogP contribution in [0.3, 0.4) is 0 Å². The quantitative estimate of drug-likeness (QED) is 0.637. The molecule has 2 heterocycles. The van der Waals surface area contributed by atoms with E-state index >= 15 is 0 Å². The molecule has 1 aliphatic carbocycles. The monoisotopic (exact) mass is 320 g/mol. The lowest BCUT2D eigenvalue weighted by Crippen LogP contribution is -2.50. The van der Waals surface area contributed by atoms with Gasteiger partial charge in [0.15, 0.2) is 5.78 Å². The lowest BCUT2D eigenvalue weighted by molar-refractivity contribution is -0.157. The van der Waals surface area contributed by atoms with Crippen LogP contribution in [0.25, 0.3) is 0 Å². The fourth-order valence-electron chi connectivity index (χ4n) is 3.87. The van der Waals surface area contributed by atoms with Crippen LogP contribution in [0, 0.1) is 17.8 Å². The van der Waals surface area contributed by atoms with Gasteiger partial charge in [-0.1, -0.05) is 13.8 Å². The van der Waals surface area contributed by atoms with E-state index in [0.29, 0.717) is 12.8 Å². The largest absolute Gasteiger partial charge is 0.498 e. The first-order valence-corrected chi connectivity index (χ1v) is 8.30. The van der Waals surface area contributed by atoms with E-state index in [-0.39, 0.29) is 17.8 Å². The van der Waals surface area contributed by atoms with Gasteiger partial charge in [0.05, 0.1) is 18.3 Å². The third kappa shape index (κ3) is 2.33. The summed E-state index contributed by atoms with van der Waals surface area (Å²) < 4.78 is 11.1. The van der Waals surface area contributed by atoms with Crippen LogP contribution in [0.2, 0.25) is 0 Å². The Bertz CT molecular complexity index is 605. The Morgan fingerprint density at radius 2 is 2.22 bits per heavy atom. The van der Waals surface area contributed by atoms with Crippen molar-refractivity contribution in [1.82, 2.24) is 0 Å². The standard InChI is InChI=1S/C18H24O5/c1-5-9(2)16(20)14-15-12-8-22-10(3)6-11(12)7-13(19)18(15,4)23-17(14)21/h7-10,13-15,19H,5-6H2,1-4H3/t9-,10+,13+,14-,15+,18-/m0/s1. The number of fused-ring (bicyclic) bond motifs is 3. The van der Waals surface area contributed by atoms with Crippen molar-refractivity contribution in [2.75, 3.05) is 0 Å². The Hall–Kier alpha value is -1.62. The SMILES string of the molecule is CC[C@H](C)C(=O)[C@H]1C(=O)O[C@@]2(C)[C@H](O)C=C3C[C@@H](C)OC=C3[C@H]12. The Balaban J connectivity index is 2.07. The van der Waals surface area contributed by atoms with Crippen LogP contribution in [-0.4, -0.2) is 34.7 Å². The predicted molar refractivity (Wildman–Crippen MR) is 83.3 cm³/mol. The van der Waals surface area contributed by atoms with E-state index < -0.39 is 29.5 Å². The second-order valence-corrected chi connectivity index (χ2v) is 7.13. The maximum atomic E-state index is 12.8. The second-order valence-electron chi connectivity index (χ2n) is 7.13. The molecule has 0 saturated carbocycles. The number of rotatable bonds is 3. The summed E-state index contributed by atoms with van der Waals surface area (Å²) in [6.07, 6.45) is 3.82. The Kier molecular flexibility index (Phi) is 3.87. The van der Waals surface area contributed by atoms with Gasteiger partial charge in [0.25, 0.3) is 0 Å². The lowest BCUT2D eigenvalue weighted by atomic mass is 9.65. The first-order chi connectivity index (χ1) is 10.8. The zero-order valence-electron chi connectivity index (χ0n) is 14.0. The van der Waals surface area contributed by atoms with Gasteiger partial charge in [-0.3, -0.25) is 9.59 Å². The number of ether oxygens (including phenoxy) is 2. The first kappa shape index (κ1) is 16.2. The molecule has 1 saturated heterocycles. The fraction of sp³-hybridized carbons (Fsp3) is 0.667. The van der Waals surface area contributed by atoms with Gasteiger partial charge < -0.3 is 14.6 Å². The minimum atomic E-state index is -1.11. The molecule has 3 rings (SSSR count). The van der Waals surface area contributed by atoms with E-state index in [1.807, 2.05) is 20.8 Å². The Morgan fingerprint density at radius 3 is 2.87 bits per heavy atom. The zero-order valence-corrected chi connectivity index (χ0v) is 14.0. The highest BCUT2D eigenvalue weighted by Gasteiger charge is 2.62. The predicted octanol–water partition coefficient (Wildman–Crippen LogP) is 2.14. The summed E-state index contributed by atoms with van der Waals surface area (Å²) in [6.45, 7) is 7.41. The smallest absolute Gasteiger partial charge is 0.317 e. The zero-order chi connectivity index (χ0) is 16.9. The van der Waals surface area contributed by atoms with Crippen LogP contribution in [0.4, 0.5) is 0 Å². The van der Waals surface area contributed by atoms with Gasteiger partial charge in [-0.05, 0) is 37.5 Å². The molecular formula is C18H24O5. The third-order valence-corrected chi connectivity index (χ3v) is 5.52. The van der Waals surface area contributed by atoms with Crippen LogP contribution < -0.4 is 0 Å². The molecule has 0 aromatic carbocycles. The number of carbonyl (C=O) groups excluding carboxylic acids is 2. The minimum absolute atomic E-state index is 0.0169. The number of aliphatic hydroxyl groups is 1. The highest BCUT2D eigenvalue weighted by molar-refractivity contribution is 6.02. The summed E-state index contributed by atoms with van der Waals surface area (Å²) in [6, 6.07) is 0. The van der Waals surface area contributed by atoms with Gasteiger partial charge in [0.2, 0.25) is 0 Å². The maximum Gasteiger partial charge on any atom is 0.317 e. The molecule has 0 radical (unpaired) electrons. The summed E-state index contributed by atoms with van der Waals surface area (Å²) in [5.74, 6) is -2.21. The molecule has 6 atom stereocenters. The summed E-state index contributed by atoms with van der Waals surface area (Å²) in [5, 5.41) is 10.5. The molecule has 0 unspecified atom stereocenters. The summed E-state index contributed by atoms with van der Waals surface area (Å²) in [4.78, 5) is 25.2. The summed E-state index contributed by atoms with van der Waals surface area (Å²) in [7, 11) is 0. The number of esters is 1. The van der Waals surface area contributed by atoms with Crippen LogP contribution in [0.15, 0.2) is 23.5 Å². The van der Waals surface area contributed by atoms with E-state index in [9.17, 15) is 14.7 Å². The van der Waals surface area contributed by atoms with E-state index in [1.165, 1.54) is 0 Å². The van der Waals surface area contributed by atoms with Gasteiger partial charge in [0.1, 0.15) is 17.6 Å². The van der Waals surface area contributed by atoms with Crippen molar-refractivity contribution in [2.45, 2.75) is 58.3 Å². The minimum Gasteiger partial charge on any atom is -0.498 e. The molecule has 126 valence electrons. The van der Waals surface area contributed by atoms with Crippen molar-refractivity contribution in [3.05, 3.63) is 23.5 Å². The molecule has 2 aliphatic heterocycles. The van der Waals surface area contributed by atoms with Crippen LogP contribution in [-0.2, 0) is 19.1 Å². The summed E-state index contributed by atoms with van der Waals surface area (Å²) in [5.41, 5.74) is 0.673. The molecule has 1 fully saturated rings. The van der Waals surface area contributed by atoms with Gasteiger partial charge in [-0.2, -0.15) is 0 Å². The normalized spacial score (nSPS) is 40.1. The van der Waals surface area contributed by atoms with E-state index in [4.69, 9.17) is 9.47 Å². The number of aliphatic hydroxyl groups excluding tert-OH is 1. The van der Waals surface area contributed by atoms with Gasteiger partial charge in [-0.15, -0.1) is 0 Å². The molecule has 3 aliphatic rings. The number of carbonyl (C=O) groups is 2. The van der Waals surface area contributed by atoms with E-state index in [2.05, 4.69) is 0 Å². The molecule has 0 spiro atoms. The van der Waals surface area contributed by atoms with Gasteiger partial charge in [-0.25, -0.2) is 0 Å². The van der Waals surface area contributed by atoms with Crippen molar-refractivity contribution in [1.29, 1.82) is 0 Å². The number of hydrogen-bond acceptors (Lipinski definition) is 5. The van der Waals surface area contributed by atoms with Gasteiger partial charge in [0, 0.05) is 12.3 Å². The summed E-state index contributed by atoms with van der Waals surface area (Å²) >= 11 is 0. The van der Waals surface area contributed by atoms with E-state index in [0.717, 1.165) is 11.1 Å². The highest BCUT2D eigenvalue weighted by Crippen LogP contribution is 2.52. The average Bonchev–Trinajstić information content (AvgIpc) is 2.78.